The molecule has 0 aromatic heterocycles. The quantitative estimate of drug-likeness (QED) is 0.699. The summed E-state index contributed by atoms with van der Waals surface area (Å²) in [5.41, 5.74) is 1.19. The summed E-state index contributed by atoms with van der Waals surface area (Å²) in [4.78, 5) is 12.3. The zero-order valence-electron chi connectivity index (χ0n) is 11.2. The number of hydrogen-bond acceptors (Lipinski definition) is 2. The second-order valence-corrected chi connectivity index (χ2v) is 7.18. The predicted octanol–water partition coefficient (Wildman–Crippen LogP) is 2.56. The maximum Gasteiger partial charge on any atom is 0.159 e. The first-order valence-corrected chi connectivity index (χ1v) is 6.70. The highest BCUT2D eigenvalue weighted by atomic mass is 16.3. The van der Waals surface area contributed by atoms with Gasteiger partial charge >= 0.3 is 0 Å². The van der Waals surface area contributed by atoms with Gasteiger partial charge in [0.2, 0.25) is 0 Å². The molecule has 0 spiro atoms. The lowest BCUT2D eigenvalue weighted by molar-refractivity contribution is -0.188. The predicted molar refractivity (Wildman–Crippen MR) is 66.4 cm³/mol. The molecule has 0 radical (unpaired) electrons. The molecule has 4 bridgehead atoms. The van der Waals surface area contributed by atoms with E-state index in [9.17, 15) is 9.90 Å². The van der Waals surface area contributed by atoms with Crippen molar-refractivity contribution < 1.29 is 9.90 Å². The lowest BCUT2D eigenvalue weighted by Crippen LogP contribution is -2.67. The molecule has 4 aliphatic rings. The van der Waals surface area contributed by atoms with Crippen molar-refractivity contribution in [3.63, 3.8) is 0 Å². The van der Waals surface area contributed by atoms with E-state index in [0.717, 1.165) is 12.8 Å². The summed E-state index contributed by atoms with van der Waals surface area (Å²) in [5, 5.41) is 10.4. The number of carbonyl (C=O) groups is 1. The van der Waals surface area contributed by atoms with E-state index in [-0.39, 0.29) is 28.6 Å². The number of fused-ring (bicyclic) bond motifs is 1. The van der Waals surface area contributed by atoms with Crippen LogP contribution in [0.4, 0.5) is 0 Å². The van der Waals surface area contributed by atoms with E-state index < -0.39 is 0 Å². The first-order chi connectivity index (χ1) is 7.80. The van der Waals surface area contributed by atoms with E-state index in [4.69, 9.17) is 0 Å². The highest BCUT2D eigenvalue weighted by Crippen LogP contribution is 2.71. The lowest BCUT2D eigenvalue weighted by atomic mass is 9.37. The van der Waals surface area contributed by atoms with Gasteiger partial charge in [-0.25, -0.2) is 0 Å². The fraction of sp³-hybridized carbons (Fsp3) is 0.800. The molecular formula is C15H22O2. The summed E-state index contributed by atoms with van der Waals surface area (Å²) < 4.78 is 0. The van der Waals surface area contributed by atoms with E-state index in [1.807, 2.05) is 6.08 Å². The first kappa shape index (κ1) is 11.5. The molecule has 2 fully saturated rings. The molecule has 2 nitrogen and oxygen atoms in total. The Kier molecular flexibility index (Phi) is 2.04. The SMILES string of the molecule is CC1=CC(=O)[C@H]2[C@H]3[C@@H]1[C@]2(C)[C@@H](O)CCC3(C)C. The molecule has 0 aromatic carbocycles. The van der Waals surface area contributed by atoms with Gasteiger partial charge in [-0.1, -0.05) is 26.3 Å². The molecule has 1 N–H and O–H groups in total. The Balaban J connectivity index is 2.16. The van der Waals surface area contributed by atoms with Crippen LogP contribution in [-0.2, 0) is 4.79 Å². The Morgan fingerprint density at radius 1 is 1.29 bits per heavy atom. The smallest absolute Gasteiger partial charge is 0.159 e. The van der Waals surface area contributed by atoms with Crippen LogP contribution < -0.4 is 0 Å². The van der Waals surface area contributed by atoms with E-state index in [1.165, 1.54) is 5.57 Å². The molecule has 2 heteroatoms. The average Bonchev–Trinajstić information content (AvgIpc) is 2.32. The Morgan fingerprint density at radius 3 is 2.53 bits per heavy atom. The zero-order chi connectivity index (χ0) is 12.6. The normalized spacial score (nSPS) is 51.4. The van der Waals surface area contributed by atoms with E-state index in [1.54, 1.807) is 0 Å². The highest BCUT2D eigenvalue weighted by Gasteiger charge is 2.71. The summed E-state index contributed by atoms with van der Waals surface area (Å²) in [5.74, 6) is 1.18. The van der Waals surface area contributed by atoms with Gasteiger partial charge in [0.25, 0.3) is 0 Å². The molecule has 0 saturated heterocycles. The second-order valence-electron chi connectivity index (χ2n) is 7.18. The number of hydrogen-bond donors (Lipinski definition) is 1. The van der Waals surface area contributed by atoms with Crippen molar-refractivity contribution in [3.8, 4) is 0 Å². The van der Waals surface area contributed by atoms with Crippen LogP contribution in [0.15, 0.2) is 11.6 Å². The maximum atomic E-state index is 12.3. The van der Waals surface area contributed by atoms with Crippen molar-refractivity contribution >= 4 is 5.78 Å². The van der Waals surface area contributed by atoms with Gasteiger partial charge < -0.3 is 5.11 Å². The fourth-order valence-corrected chi connectivity index (χ4v) is 5.01. The standard InChI is InChI=1S/C15H22O2/c1-8-7-9(16)12-13-11(8)15(12,4)10(17)5-6-14(13,2)3/h7,10-13,17H,5-6H2,1-4H3/t10-,11+,12-,13+,15-/m0/s1. The molecule has 2 saturated carbocycles. The van der Waals surface area contributed by atoms with Gasteiger partial charge in [-0.3, -0.25) is 4.79 Å². The molecular weight excluding hydrogens is 212 g/mol. The molecule has 0 aliphatic heterocycles. The molecule has 0 unspecified atom stereocenters. The number of ketones is 1. The van der Waals surface area contributed by atoms with E-state index >= 15 is 0 Å². The monoisotopic (exact) mass is 234 g/mol. The van der Waals surface area contributed by atoms with Crippen LogP contribution in [0.3, 0.4) is 0 Å². The van der Waals surface area contributed by atoms with Gasteiger partial charge in [-0.15, -0.1) is 0 Å². The first-order valence-electron chi connectivity index (χ1n) is 6.70. The van der Waals surface area contributed by atoms with E-state index in [2.05, 4.69) is 27.7 Å². The fourth-order valence-electron chi connectivity index (χ4n) is 5.01. The molecule has 4 aliphatic carbocycles. The summed E-state index contributed by atoms with van der Waals surface area (Å²) in [7, 11) is 0. The lowest BCUT2D eigenvalue weighted by Gasteiger charge is -2.65. The number of rotatable bonds is 0. The van der Waals surface area contributed by atoms with Crippen LogP contribution in [0.25, 0.3) is 0 Å². The summed E-state index contributed by atoms with van der Waals surface area (Å²) in [6.45, 7) is 8.72. The van der Waals surface area contributed by atoms with Crippen LogP contribution in [0.5, 0.6) is 0 Å². The summed E-state index contributed by atoms with van der Waals surface area (Å²) in [6.07, 6.45) is 3.38. The Hall–Kier alpha value is -0.630. The second kappa shape index (κ2) is 3.03. The summed E-state index contributed by atoms with van der Waals surface area (Å²) >= 11 is 0. The van der Waals surface area contributed by atoms with Crippen LogP contribution in [-0.4, -0.2) is 17.0 Å². The Morgan fingerprint density at radius 2 is 1.94 bits per heavy atom. The van der Waals surface area contributed by atoms with Gasteiger partial charge in [0.15, 0.2) is 5.78 Å². The minimum atomic E-state index is -0.317. The number of aliphatic hydroxyl groups is 1. The van der Waals surface area contributed by atoms with Crippen molar-refractivity contribution in [2.75, 3.05) is 0 Å². The van der Waals surface area contributed by atoms with Crippen molar-refractivity contribution in [1.82, 2.24) is 0 Å². The van der Waals surface area contributed by atoms with Crippen molar-refractivity contribution in [3.05, 3.63) is 11.6 Å². The third kappa shape index (κ3) is 1.13. The largest absolute Gasteiger partial charge is 0.393 e. The topological polar surface area (TPSA) is 37.3 Å². The number of carbonyl (C=O) groups excluding carboxylic acids is 1. The maximum absolute atomic E-state index is 12.3. The van der Waals surface area contributed by atoms with Gasteiger partial charge in [-0.2, -0.15) is 0 Å². The molecule has 0 heterocycles. The number of allylic oxidation sites excluding steroid dienone is 2. The molecule has 0 aromatic rings. The molecule has 5 atom stereocenters. The van der Waals surface area contributed by atoms with Crippen molar-refractivity contribution in [2.24, 2.45) is 28.6 Å². The van der Waals surface area contributed by atoms with Crippen LogP contribution in [0.1, 0.15) is 40.5 Å². The van der Waals surface area contributed by atoms with Gasteiger partial charge in [0.05, 0.1) is 6.10 Å². The zero-order valence-corrected chi connectivity index (χ0v) is 11.2. The Labute approximate surface area is 103 Å². The van der Waals surface area contributed by atoms with Crippen molar-refractivity contribution in [1.29, 1.82) is 0 Å². The third-order valence-corrected chi connectivity index (χ3v) is 5.91. The van der Waals surface area contributed by atoms with Gasteiger partial charge in [0, 0.05) is 11.3 Å². The minimum Gasteiger partial charge on any atom is -0.393 e. The van der Waals surface area contributed by atoms with Crippen LogP contribution >= 0.6 is 0 Å². The van der Waals surface area contributed by atoms with Gasteiger partial charge in [0.1, 0.15) is 0 Å². The van der Waals surface area contributed by atoms with Gasteiger partial charge in [-0.05, 0) is 43.1 Å². The molecule has 17 heavy (non-hydrogen) atoms. The molecule has 94 valence electrons. The third-order valence-electron chi connectivity index (χ3n) is 5.91. The van der Waals surface area contributed by atoms with Crippen molar-refractivity contribution in [2.45, 2.75) is 46.6 Å². The molecule has 4 rings (SSSR count). The average molecular weight is 234 g/mol. The number of aliphatic hydroxyl groups excluding tert-OH is 1. The van der Waals surface area contributed by atoms with E-state index in [0.29, 0.717) is 11.8 Å². The van der Waals surface area contributed by atoms with Crippen LogP contribution in [0, 0.1) is 28.6 Å². The van der Waals surface area contributed by atoms with Crippen LogP contribution in [0.2, 0.25) is 0 Å². The highest BCUT2D eigenvalue weighted by molar-refractivity contribution is 5.96. The summed E-state index contributed by atoms with van der Waals surface area (Å²) in [6, 6.07) is 0. The molecule has 0 amide bonds. The Bertz CT molecular complexity index is 421. The minimum absolute atomic E-state index is 0.0590.